The van der Waals surface area contributed by atoms with Gasteiger partial charge in [0.05, 0.1) is 0 Å². The Morgan fingerprint density at radius 1 is 1.29 bits per heavy atom. The van der Waals surface area contributed by atoms with Crippen LogP contribution in [0.1, 0.15) is 54.4 Å². The number of carbonyl (C=O) groups excluding carboxylic acids is 1. The molecule has 1 aliphatic rings. The summed E-state index contributed by atoms with van der Waals surface area (Å²) >= 11 is 0. The normalized spacial score (nSPS) is 24.4. The first kappa shape index (κ1) is 12.1. The fraction of sp³-hybridized carbons (Fsp3) is 0.500. The molecule has 0 spiro atoms. The molecule has 2 N–H and O–H groups in total. The maximum Gasteiger partial charge on any atom is 0.274 e. The van der Waals surface area contributed by atoms with Gasteiger partial charge in [-0.05, 0) is 42.4 Å². The van der Waals surface area contributed by atoms with E-state index in [1.54, 1.807) is 17.6 Å². The molecule has 1 fully saturated rings. The number of carbonyl (C=O) groups is 1. The molecule has 1 saturated carbocycles. The molecule has 1 aliphatic carbocycles. The van der Waals surface area contributed by atoms with Gasteiger partial charge in [0.1, 0.15) is 0 Å². The van der Waals surface area contributed by atoms with Crippen molar-refractivity contribution in [2.75, 3.05) is 0 Å². The van der Waals surface area contributed by atoms with Gasteiger partial charge in [-0.2, -0.15) is 0 Å². The van der Waals surface area contributed by atoms with E-state index in [1.165, 1.54) is 31.2 Å². The average Bonchev–Trinajstić information content (AvgIpc) is 2.38. The Bertz CT molecular complexity index is 386. The summed E-state index contributed by atoms with van der Waals surface area (Å²) in [7, 11) is 0. The van der Waals surface area contributed by atoms with Crippen LogP contribution in [-0.4, -0.2) is 11.1 Å². The lowest BCUT2D eigenvalue weighted by molar-refractivity contribution is 0.0706. The van der Waals surface area contributed by atoms with E-state index in [4.69, 9.17) is 5.21 Å². The number of hydrogen-bond acceptors (Lipinski definition) is 2. The predicted octanol–water partition coefficient (Wildman–Crippen LogP) is 3.10. The quantitative estimate of drug-likeness (QED) is 0.609. The number of nitrogens with one attached hydrogen (secondary N) is 1. The summed E-state index contributed by atoms with van der Waals surface area (Å²) in [5, 5.41) is 8.54. The van der Waals surface area contributed by atoms with Gasteiger partial charge in [-0.15, -0.1) is 0 Å². The lowest BCUT2D eigenvalue weighted by Gasteiger charge is -2.27. The van der Waals surface area contributed by atoms with Gasteiger partial charge < -0.3 is 0 Å². The van der Waals surface area contributed by atoms with Crippen molar-refractivity contribution in [2.24, 2.45) is 5.92 Å². The molecule has 0 aromatic heterocycles. The molecule has 2 unspecified atom stereocenters. The largest absolute Gasteiger partial charge is 0.288 e. The Kier molecular flexibility index (Phi) is 3.79. The van der Waals surface area contributed by atoms with Crippen molar-refractivity contribution in [3.63, 3.8) is 0 Å². The maximum absolute atomic E-state index is 11.2. The van der Waals surface area contributed by atoms with E-state index < -0.39 is 5.91 Å². The molecule has 92 valence electrons. The molecule has 1 aromatic carbocycles. The summed E-state index contributed by atoms with van der Waals surface area (Å²) in [4.78, 5) is 11.2. The standard InChI is InChI=1S/C14H19NO2/c1-10-3-2-4-13(9-10)11-5-7-12(8-6-11)14(16)15-17/h5-8,10,13,17H,2-4,9H2,1H3,(H,15,16). The molecule has 2 atom stereocenters. The van der Waals surface area contributed by atoms with Crippen LogP contribution in [0.2, 0.25) is 0 Å². The third-order valence-corrected chi connectivity index (χ3v) is 3.68. The van der Waals surface area contributed by atoms with Crippen LogP contribution in [0, 0.1) is 5.92 Å². The van der Waals surface area contributed by atoms with E-state index in [1.807, 2.05) is 12.1 Å². The highest BCUT2D eigenvalue weighted by molar-refractivity contribution is 5.93. The van der Waals surface area contributed by atoms with Crippen LogP contribution in [0.25, 0.3) is 0 Å². The number of hydroxylamine groups is 1. The van der Waals surface area contributed by atoms with Crippen molar-refractivity contribution in [1.29, 1.82) is 0 Å². The van der Waals surface area contributed by atoms with Crippen LogP contribution in [0.3, 0.4) is 0 Å². The summed E-state index contributed by atoms with van der Waals surface area (Å²) in [6.45, 7) is 2.31. The fourth-order valence-corrected chi connectivity index (χ4v) is 2.71. The topological polar surface area (TPSA) is 49.3 Å². The van der Waals surface area contributed by atoms with Crippen LogP contribution in [0.15, 0.2) is 24.3 Å². The van der Waals surface area contributed by atoms with E-state index >= 15 is 0 Å². The summed E-state index contributed by atoms with van der Waals surface area (Å²) in [5.41, 5.74) is 3.46. The number of hydrogen-bond donors (Lipinski definition) is 2. The summed E-state index contributed by atoms with van der Waals surface area (Å²) in [6.07, 6.45) is 5.12. The van der Waals surface area contributed by atoms with Crippen LogP contribution < -0.4 is 5.48 Å². The molecule has 3 heteroatoms. The Labute approximate surface area is 102 Å². The Balaban J connectivity index is 2.09. The molecule has 0 heterocycles. The molecule has 3 nitrogen and oxygen atoms in total. The Hall–Kier alpha value is -1.35. The van der Waals surface area contributed by atoms with Crippen molar-refractivity contribution >= 4 is 5.91 Å². The minimum Gasteiger partial charge on any atom is -0.288 e. The van der Waals surface area contributed by atoms with Gasteiger partial charge in [-0.25, -0.2) is 5.48 Å². The van der Waals surface area contributed by atoms with Crippen LogP contribution >= 0.6 is 0 Å². The maximum atomic E-state index is 11.2. The molecule has 17 heavy (non-hydrogen) atoms. The second-order valence-electron chi connectivity index (χ2n) is 5.03. The van der Waals surface area contributed by atoms with E-state index in [2.05, 4.69) is 6.92 Å². The van der Waals surface area contributed by atoms with Crippen molar-refractivity contribution in [3.05, 3.63) is 35.4 Å². The van der Waals surface area contributed by atoms with E-state index in [9.17, 15) is 4.79 Å². The molecule has 0 radical (unpaired) electrons. The van der Waals surface area contributed by atoms with E-state index in [-0.39, 0.29) is 0 Å². The second kappa shape index (κ2) is 5.32. The third kappa shape index (κ3) is 2.86. The smallest absolute Gasteiger partial charge is 0.274 e. The van der Waals surface area contributed by atoms with Crippen molar-refractivity contribution in [1.82, 2.24) is 5.48 Å². The molecule has 0 bridgehead atoms. The lowest BCUT2D eigenvalue weighted by Crippen LogP contribution is -2.18. The molecule has 2 rings (SSSR count). The van der Waals surface area contributed by atoms with Crippen molar-refractivity contribution in [2.45, 2.75) is 38.5 Å². The highest BCUT2D eigenvalue weighted by Crippen LogP contribution is 2.35. The summed E-state index contributed by atoms with van der Waals surface area (Å²) in [5.74, 6) is 0.979. The van der Waals surface area contributed by atoms with Crippen LogP contribution in [-0.2, 0) is 0 Å². The molecule has 1 amide bonds. The number of benzene rings is 1. The van der Waals surface area contributed by atoms with Gasteiger partial charge in [-0.1, -0.05) is 31.9 Å². The molecular weight excluding hydrogens is 214 g/mol. The zero-order chi connectivity index (χ0) is 12.3. The highest BCUT2D eigenvalue weighted by Gasteiger charge is 2.20. The van der Waals surface area contributed by atoms with Gasteiger partial charge in [0, 0.05) is 5.56 Å². The van der Waals surface area contributed by atoms with Gasteiger partial charge >= 0.3 is 0 Å². The second-order valence-corrected chi connectivity index (χ2v) is 5.03. The van der Waals surface area contributed by atoms with Crippen molar-refractivity contribution in [3.8, 4) is 0 Å². The average molecular weight is 233 g/mol. The Morgan fingerprint density at radius 3 is 2.59 bits per heavy atom. The minimum absolute atomic E-state index is 0.450. The van der Waals surface area contributed by atoms with E-state index in [0.29, 0.717) is 11.5 Å². The third-order valence-electron chi connectivity index (χ3n) is 3.68. The number of amides is 1. The molecule has 1 aromatic rings. The predicted molar refractivity (Wildman–Crippen MR) is 66.1 cm³/mol. The van der Waals surface area contributed by atoms with Gasteiger partial charge in [-0.3, -0.25) is 10.0 Å². The summed E-state index contributed by atoms with van der Waals surface area (Å²) in [6, 6.07) is 7.57. The highest BCUT2D eigenvalue weighted by atomic mass is 16.5. The number of rotatable bonds is 2. The van der Waals surface area contributed by atoms with Crippen LogP contribution in [0.4, 0.5) is 0 Å². The van der Waals surface area contributed by atoms with Gasteiger partial charge in [0.2, 0.25) is 0 Å². The SMILES string of the molecule is CC1CCCC(c2ccc(C(=O)NO)cc2)C1. The monoisotopic (exact) mass is 233 g/mol. The lowest BCUT2D eigenvalue weighted by atomic mass is 9.79. The fourth-order valence-electron chi connectivity index (χ4n) is 2.71. The first-order valence-corrected chi connectivity index (χ1v) is 6.25. The molecule has 0 aliphatic heterocycles. The van der Waals surface area contributed by atoms with Crippen LogP contribution in [0.5, 0.6) is 0 Å². The zero-order valence-corrected chi connectivity index (χ0v) is 10.1. The summed E-state index contributed by atoms with van der Waals surface area (Å²) < 4.78 is 0. The Morgan fingerprint density at radius 2 is 2.00 bits per heavy atom. The first-order valence-electron chi connectivity index (χ1n) is 6.25. The van der Waals surface area contributed by atoms with E-state index in [0.717, 1.165) is 5.92 Å². The van der Waals surface area contributed by atoms with Gasteiger partial charge in [0.15, 0.2) is 0 Å². The van der Waals surface area contributed by atoms with Crippen molar-refractivity contribution < 1.29 is 10.0 Å². The molecule has 0 saturated heterocycles. The first-order chi connectivity index (χ1) is 8.20. The van der Waals surface area contributed by atoms with Gasteiger partial charge in [0.25, 0.3) is 5.91 Å². The zero-order valence-electron chi connectivity index (χ0n) is 10.1. The molecular formula is C14H19NO2. The minimum atomic E-state index is -0.450.